The summed E-state index contributed by atoms with van der Waals surface area (Å²) in [4.78, 5) is 13.2. The van der Waals surface area contributed by atoms with Gasteiger partial charge in [-0.25, -0.2) is 16.8 Å². The number of rotatable bonds is 10. The first-order chi connectivity index (χ1) is 19.7. The lowest BCUT2D eigenvalue weighted by atomic mass is 9.91. The Morgan fingerprint density at radius 3 is 1.80 bits per heavy atom. The lowest BCUT2D eigenvalue weighted by Gasteiger charge is -2.31. The maximum Gasteiger partial charge on any atom is 0.243 e. The SMILES string of the molecule is O=C(CNc1ccc(S(=O)(=O)N2CCC(Cc3ccccc3)CC2)cc1)c1ccc(S(=O)(=O)N2CCCCC2)cc1. The number of anilines is 1. The van der Waals surface area contributed by atoms with Gasteiger partial charge in [0, 0.05) is 37.4 Å². The van der Waals surface area contributed by atoms with Crippen LogP contribution in [0.3, 0.4) is 0 Å². The van der Waals surface area contributed by atoms with E-state index in [0.29, 0.717) is 43.3 Å². The second-order valence-electron chi connectivity index (χ2n) is 10.8. The molecule has 0 atom stereocenters. The number of hydrogen-bond donors (Lipinski definition) is 1. The van der Waals surface area contributed by atoms with E-state index in [1.165, 1.54) is 22.0 Å². The summed E-state index contributed by atoms with van der Waals surface area (Å²) in [6.07, 6.45) is 5.40. The van der Waals surface area contributed by atoms with Crippen molar-refractivity contribution in [1.82, 2.24) is 8.61 Å². The van der Waals surface area contributed by atoms with Gasteiger partial charge in [0.25, 0.3) is 0 Å². The van der Waals surface area contributed by atoms with Gasteiger partial charge in [0.05, 0.1) is 16.3 Å². The van der Waals surface area contributed by atoms with E-state index in [1.54, 1.807) is 40.7 Å². The van der Waals surface area contributed by atoms with Gasteiger partial charge >= 0.3 is 0 Å². The third-order valence-electron chi connectivity index (χ3n) is 8.01. The van der Waals surface area contributed by atoms with Crippen LogP contribution in [-0.2, 0) is 26.5 Å². The topological polar surface area (TPSA) is 104 Å². The van der Waals surface area contributed by atoms with Crippen molar-refractivity contribution < 1.29 is 21.6 Å². The number of nitrogens with one attached hydrogen (secondary N) is 1. The zero-order valence-electron chi connectivity index (χ0n) is 23.1. The highest BCUT2D eigenvalue weighted by molar-refractivity contribution is 7.89. The first-order valence-electron chi connectivity index (χ1n) is 14.2. The fraction of sp³-hybridized carbons (Fsp3) is 0.387. The molecule has 3 aromatic carbocycles. The predicted octanol–water partition coefficient (Wildman–Crippen LogP) is 4.80. The number of piperidine rings is 2. The van der Waals surface area contributed by atoms with E-state index in [4.69, 9.17) is 0 Å². The molecule has 1 N–H and O–H groups in total. The maximum absolute atomic E-state index is 13.2. The van der Waals surface area contributed by atoms with E-state index in [9.17, 15) is 21.6 Å². The number of Topliss-reactive ketones (excluding diaryl/α,β-unsaturated/α-hetero) is 1. The van der Waals surface area contributed by atoms with Gasteiger partial charge < -0.3 is 5.32 Å². The van der Waals surface area contributed by atoms with Crippen molar-refractivity contribution in [3.63, 3.8) is 0 Å². The average molecular weight is 596 g/mol. The minimum Gasteiger partial charge on any atom is -0.378 e. The van der Waals surface area contributed by atoms with Crippen molar-refractivity contribution in [1.29, 1.82) is 0 Å². The Labute approximate surface area is 243 Å². The number of ketones is 1. The molecule has 0 aromatic heterocycles. The zero-order valence-corrected chi connectivity index (χ0v) is 24.7. The van der Waals surface area contributed by atoms with Crippen molar-refractivity contribution in [2.75, 3.05) is 38.0 Å². The lowest BCUT2D eigenvalue weighted by Crippen LogP contribution is -2.38. The van der Waals surface area contributed by atoms with Crippen LogP contribution < -0.4 is 5.32 Å². The van der Waals surface area contributed by atoms with Crippen LogP contribution in [0.1, 0.15) is 48.0 Å². The van der Waals surface area contributed by atoms with Crippen molar-refractivity contribution in [2.24, 2.45) is 5.92 Å². The molecule has 0 radical (unpaired) electrons. The zero-order chi connectivity index (χ0) is 28.9. The summed E-state index contributed by atoms with van der Waals surface area (Å²) in [6.45, 7) is 2.07. The summed E-state index contributed by atoms with van der Waals surface area (Å²) in [5, 5.41) is 3.04. The molecule has 0 saturated carbocycles. The third-order valence-corrected chi connectivity index (χ3v) is 11.8. The summed E-state index contributed by atoms with van der Waals surface area (Å²) in [5.74, 6) is 0.283. The molecule has 8 nitrogen and oxygen atoms in total. The number of benzene rings is 3. The number of carbonyl (C=O) groups is 1. The molecule has 218 valence electrons. The number of carbonyl (C=O) groups excluding carboxylic acids is 1. The molecule has 5 rings (SSSR count). The van der Waals surface area contributed by atoms with Crippen LogP contribution in [-0.4, -0.2) is 64.0 Å². The van der Waals surface area contributed by atoms with Crippen LogP contribution in [0.25, 0.3) is 0 Å². The summed E-state index contributed by atoms with van der Waals surface area (Å²) in [6, 6.07) is 22.8. The Bertz CT molecular complexity index is 1530. The van der Waals surface area contributed by atoms with E-state index in [2.05, 4.69) is 17.4 Å². The molecule has 2 saturated heterocycles. The van der Waals surface area contributed by atoms with E-state index in [-0.39, 0.29) is 22.1 Å². The summed E-state index contributed by atoms with van der Waals surface area (Å²) >= 11 is 0. The summed E-state index contributed by atoms with van der Waals surface area (Å²) in [5.41, 5.74) is 2.32. The van der Waals surface area contributed by atoms with Gasteiger partial charge in [-0.05, 0) is 92.1 Å². The molecule has 0 amide bonds. The molecule has 41 heavy (non-hydrogen) atoms. The fourth-order valence-corrected chi connectivity index (χ4v) is 8.53. The Hall–Kier alpha value is -3.05. The van der Waals surface area contributed by atoms with E-state index in [1.807, 2.05) is 18.2 Å². The van der Waals surface area contributed by atoms with Gasteiger partial charge in [0.15, 0.2) is 5.78 Å². The summed E-state index contributed by atoms with van der Waals surface area (Å²) < 4.78 is 55.2. The summed E-state index contributed by atoms with van der Waals surface area (Å²) in [7, 11) is -7.13. The van der Waals surface area contributed by atoms with Crippen LogP contribution in [0.4, 0.5) is 5.69 Å². The Morgan fingerprint density at radius 2 is 1.22 bits per heavy atom. The van der Waals surface area contributed by atoms with Crippen LogP contribution in [0.2, 0.25) is 0 Å². The molecule has 2 heterocycles. The van der Waals surface area contributed by atoms with Crippen molar-refractivity contribution in [2.45, 2.75) is 48.3 Å². The number of nitrogens with zero attached hydrogens (tertiary/aromatic N) is 2. The molecule has 0 aliphatic carbocycles. The molecule has 0 spiro atoms. The second kappa shape index (κ2) is 12.9. The van der Waals surface area contributed by atoms with Crippen molar-refractivity contribution in [3.05, 3.63) is 90.0 Å². The molecule has 2 aliphatic rings. The van der Waals surface area contributed by atoms with Gasteiger partial charge in [-0.3, -0.25) is 4.79 Å². The van der Waals surface area contributed by atoms with Crippen LogP contribution >= 0.6 is 0 Å². The van der Waals surface area contributed by atoms with E-state index in [0.717, 1.165) is 38.5 Å². The molecule has 0 bridgehead atoms. The monoisotopic (exact) mass is 595 g/mol. The van der Waals surface area contributed by atoms with Crippen molar-refractivity contribution >= 4 is 31.5 Å². The molecule has 2 fully saturated rings. The highest BCUT2D eigenvalue weighted by Gasteiger charge is 2.29. The van der Waals surface area contributed by atoms with Gasteiger partial charge in [0.1, 0.15) is 0 Å². The third kappa shape index (κ3) is 7.06. The van der Waals surface area contributed by atoms with Crippen molar-refractivity contribution in [3.8, 4) is 0 Å². The first kappa shape index (κ1) is 29.4. The van der Waals surface area contributed by atoms with E-state index < -0.39 is 20.0 Å². The molecule has 3 aromatic rings. The largest absolute Gasteiger partial charge is 0.378 e. The molecule has 2 aliphatic heterocycles. The van der Waals surface area contributed by atoms with Gasteiger partial charge in [-0.15, -0.1) is 0 Å². The van der Waals surface area contributed by atoms with Crippen LogP contribution in [0.15, 0.2) is 88.7 Å². The average Bonchev–Trinajstić information content (AvgIpc) is 3.01. The molecular weight excluding hydrogens is 558 g/mol. The minimum atomic E-state index is -3.59. The highest BCUT2D eigenvalue weighted by Crippen LogP contribution is 2.27. The van der Waals surface area contributed by atoms with E-state index >= 15 is 0 Å². The quantitative estimate of drug-likeness (QED) is 0.338. The predicted molar refractivity (Wildman–Crippen MR) is 160 cm³/mol. The Balaban J connectivity index is 1.13. The normalized spacial score (nSPS) is 17.8. The highest BCUT2D eigenvalue weighted by atomic mass is 32.2. The number of sulfonamides is 2. The first-order valence-corrected chi connectivity index (χ1v) is 17.1. The van der Waals surface area contributed by atoms with Gasteiger partial charge in [-0.2, -0.15) is 8.61 Å². The number of hydrogen-bond acceptors (Lipinski definition) is 6. The fourth-order valence-electron chi connectivity index (χ4n) is 5.55. The second-order valence-corrected chi connectivity index (χ2v) is 14.7. The Morgan fingerprint density at radius 1 is 0.683 bits per heavy atom. The molecule has 10 heteroatoms. The smallest absolute Gasteiger partial charge is 0.243 e. The maximum atomic E-state index is 13.2. The van der Waals surface area contributed by atoms with Crippen LogP contribution in [0, 0.1) is 5.92 Å². The van der Waals surface area contributed by atoms with Crippen LogP contribution in [0.5, 0.6) is 0 Å². The Kier molecular flexibility index (Phi) is 9.23. The van der Waals surface area contributed by atoms with Gasteiger partial charge in [-0.1, -0.05) is 36.8 Å². The molecule has 0 unspecified atom stereocenters. The lowest BCUT2D eigenvalue weighted by molar-refractivity contribution is 0.101. The minimum absolute atomic E-state index is 0.000748. The molecular formula is C31H37N3O5S2. The standard InChI is InChI=1S/C31H37N3O5S2/c35-31(27-9-13-29(14-10-27)40(36,37)33-19-5-2-6-20-33)24-32-28-11-15-30(16-12-28)41(38,39)34-21-17-26(18-22-34)23-25-7-3-1-4-8-25/h1,3-4,7-16,26,32H,2,5-6,17-24H2. The van der Waals surface area contributed by atoms with Gasteiger partial charge in [0.2, 0.25) is 20.0 Å².